The van der Waals surface area contributed by atoms with Crippen LogP contribution in [0.2, 0.25) is 0 Å². The Morgan fingerprint density at radius 1 is 0.977 bits per heavy atom. The largest absolute Gasteiger partial charge is 0.493 e. The van der Waals surface area contributed by atoms with Crippen molar-refractivity contribution in [2.24, 2.45) is 22.7 Å². The van der Waals surface area contributed by atoms with Crippen LogP contribution >= 0.6 is 0 Å². The first-order chi connectivity index (χ1) is 20.9. The number of hydrogen-bond acceptors (Lipinski definition) is 7. The number of rotatable bonds is 14. The molecule has 10 heteroatoms. The van der Waals surface area contributed by atoms with Crippen molar-refractivity contribution in [1.82, 2.24) is 20.0 Å². The Morgan fingerprint density at radius 3 is 2.30 bits per heavy atom. The van der Waals surface area contributed by atoms with Crippen LogP contribution in [0.5, 0.6) is 5.75 Å². The van der Waals surface area contributed by atoms with Gasteiger partial charge in [0.1, 0.15) is 12.3 Å². The number of amides is 3. The van der Waals surface area contributed by atoms with Crippen molar-refractivity contribution in [1.29, 1.82) is 0 Å². The lowest BCUT2D eigenvalue weighted by atomic mass is 9.94. The van der Waals surface area contributed by atoms with E-state index in [4.69, 9.17) is 14.5 Å². The highest BCUT2D eigenvalue weighted by Gasteiger charge is 2.29. The molecule has 246 valence electrons. The molecule has 2 aliphatic rings. The molecule has 0 bridgehead atoms. The molecule has 1 heterocycles. The molecule has 0 saturated heterocycles. The molecular formula is C34H55N5O5. The van der Waals surface area contributed by atoms with Crippen LogP contribution in [0.4, 0.5) is 10.5 Å². The van der Waals surface area contributed by atoms with Crippen LogP contribution in [0.15, 0.2) is 23.2 Å². The first-order valence-corrected chi connectivity index (χ1v) is 16.5. The van der Waals surface area contributed by atoms with Crippen LogP contribution in [0.3, 0.4) is 0 Å². The second-order valence-electron chi connectivity index (χ2n) is 13.5. The molecule has 1 aliphatic carbocycles. The van der Waals surface area contributed by atoms with E-state index < -0.39 is 6.09 Å². The van der Waals surface area contributed by atoms with Gasteiger partial charge in [0.25, 0.3) is 0 Å². The molecule has 0 aromatic heterocycles. The molecule has 1 fully saturated rings. The fourth-order valence-corrected chi connectivity index (χ4v) is 5.69. The molecule has 1 aromatic rings. The minimum atomic E-state index is -0.602. The number of nitrogens with one attached hydrogen (secondary N) is 1. The average molecular weight is 614 g/mol. The predicted octanol–water partition coefficient (Wildman–Crippen LogP) is 5.96. The van der Waals surface area contributed by atoms with Crippen LogP contribution in [-0.4, -0.2) is 84.5 Å². The SMILES string of the molecule is CC(C)COC(=O)NC1=Nc2cccc(OCCCC(=O)N(C)C3CCCCC3)c2CN1CC(=O)N(CC(C)C)CC(C)C. The second-order valence-corrected chi connectivity index (χ2v) is 13.5. The van der Waals surface area contributed by atoms with Gasteiger partial charge in [-0.05, 0) is 49.1 Å². The maximum atomic E-state index is 13.6. The summed E-state index contributed by atoms with van der Waals surface area (Å²) in [6, 6.07) is 5.98. The molecular weight excluding hydrogens is 558 g/mol. The number of hydrogen-bond donors (Lipinski definition) is 1. The fraction of sp³-hybridized carbons (Fsp3) is 0.706. The maximum Gasteiger partial charge on any atom is 0.413 e. The number of fused-ring (bicyclic) bond motifs is 1. The number of carbonyl (C=O) groups excluding carboxylic acids is 3. The number of alkyl carbamates (subject to hydrolysis) is 1. The zero-order valence-corrected chi connectivity index (χ0v) is 28.1. The van der Waals surface area contributed by atoms with E-state index in [0.29, 0.717) is 68.4 Å². The quantitative estimate of drug-likeness (QED) is 0.260. The number of guanidine groups is 1. The molecule has 1 saturated carbocycles. The van der Waals surface area contributed by atoms with Crippen molar-refractivity contribution < 1.29 is 23.9 Å². The van der Waals surface area contributed by atoms with Crippen molar-refractivity contribution in [3.8, 4) is 5.75 Å². The smallest absolute Gasteiger partial charge is 0.413 e. The Balaban J connectivity index is 1.72. The van der Waals surface area contributed by atoms with Crippen LogP contribution in [0.1, 0.15) is 92.1 Å². The van der Waals surface area contributed by atoms with Gasteiger partial charge in [0.15, 0.2) is 0 Å². The Kier molecular flexibility index (Phi) is 13.8. The van der Waals surface area contributed by atoms with E-state index in [1.807, 2.05) is 48.9 Å². The van der Waals surface area contributed by atoms with Gasteiger partial charge in [0, 0.05) is 38.2 Å². The molecule has 1 aromatic carbocycles. The van der Waals surface area contributed by atoms with E-state index in [0.717, 1.165) is 18.4 Å². The number of benzene rings is 1. The third-order valence-corrected chi connectivity index (χ3v) is 7.90. The molecule has 0 atom stereocenters. The summed E-state index contributed by atoms with van der Waals surface area (Å²) in [7, 11) is 1.92. The number of ether oxygens (including phenoxy) is 2. The van der Waals surface area contributed by atoms with Crippen molar-refractivity contribution in [2.75, 3.05) is 39.9 Å². The second kappa shape index (κ2) is 17.3. The lowest BCUT2D eigenvalue weighted by Gasteiger charge is -2.33. The number of carbonyl (C=O) groups is 3. The summed E-state index contributed by atoms with van der Waals surface area (Å²) < 4.78 is 11.5. The molecule has 0 radical (unpaired) electrons. The summed E-state index contributed by atoms with van der Waals surface area (Å²) in [5, 5.41) is 2.77. The third-order valence-electron chi connectivity index (χ3n) is 7.90. The summed E-state index contributed by atoms with van der Waals surface area (Å²) in [5.41, 5.74) is 1.51. The third kappa shape index (κ3) is 11.0. The monoisotopic (exact) mass is 613 g/mol. The van der Waals surface area contributed by atoms with E-state index >= 15 is 0 Å². The lowest BCUT2D eigenvalue weighted by Crippen LogP contribution is -2.50. The minimum Gasteiger partial charge on any atom is -0.493 e. The van der Waals surface area contributed by atoms with Gasteiger partial charge in [-0.25, -0.2) is 9.79 Å². The molecule has 3 rings (SSSR count). The Bertz CT molecular complexity index is 1120. The predicted molar refractivity (Wildman–Crippen MR) is 174 cm³/mol. The Labute approximate surface area is 264 Å². The van der Waals surface area contributed by atoms with Gasteiger partial charge >= 0.3 is 6.09 Å². The van der Waals surface area contributed by atoms with Gasteiger partial charge in [0.05, 0.1) is 25.4 Å². The van der Waals surface area contributed by atoms with Crippen LogP contribution in [0.25, 0.3) is 0 Å². The van der Waals surface area contributed by atoms with Crippen molar-refractivity contribution in [2.45, 2.75) is 99.1 Å². The first-order valence-electron chi connectivity index (χ1n) is 16.5. The molecule has 1 N–H and O–H groups in total. The lowest BCUT2D eigenvalue weighted by molar-refractivity contribution is -0.133. The van der Waals surface area contributed by atoms with Gasteiger partial charge in [-0.3, -0.25) is 14.9 Å². The van der Waals surface area contributed by atoms with Gasteiger partial charge in [-0.15, -0.1) is 0 Å². The standard InChI is InChI=1S/C34H55N5O5/c1-24(2)19-38(20-25(3)4)32(41)22-39-21-28-29(35-33(39)36-34(42)44-23-26(5)6)15-11-16-30(28)43-18-12-17-31(40)37(7)27-13-9-8-10-14-27/h11,15-16,24-27H,8-10,12-14,17-23H2,1-7H3,(H,35,36,42). The van der Waals surface area contributed by atoms with E-state index in [9.17, 15) is 14.4 Å². The zero-order chi connectivity index (χ0) is 32.2. The Hall–Kier alpha value is -3.30. The molecule has 0 spiro atoms. The normalized spacial score (nSPS) is 15.2. The summed E-state index contributed by atoms with van der Waals surface area (Å²) in [6.07, 6.45) is 6.28. The zero-order valence-electron chi connectivity index (χ0n) is 28.1. The minimum absolute atomic E-state index is 0.0279. The summed E-state index contributed by atoms with van der Waals surface area (Å²) in [6.45, 7) is 14.7. The van der Waals surface area contributed by atoms with Crippen molar-refractivity contribution in [3.05, 3.63) is 23.8 Å². The van der Waals surface area contributed by atoms with E-state index in [2.05, 4.69) is 33.0 Å². The van der Waals surface area contributed by atoms with E-state index in [1.165, 1.54) is 19.3 Å². The van der Waals surface area contributed by atoms with Gasteiger partial charge in [-0.1, -0.05) is 66.9 Å². The van der Waals surface area contributed by atoms with Crippen LogP contribution in [0, 0.1) is 17.8 Å². The molecule has 3 amide bonds. The highest BCUT2D eigenvalue weighted by molar-refractivity contribution is 5.98. The summed E-state index contributed by atoms with van der Waals surface area (Å²) >= 11 is 0. The molecule has 44 heavy (non-hydrogen) atoms. The van der Waals surface area contributed by atoms with E-state index in [1.54, 1.807) is 4.90 Å². The summed E-state index contributed by atoms with van der Waals surface area (Å²) in [4.78, 5) is 49.4. The van der Waals surface area contributed by atoms with Crippen LogP contribution in [-0.2, 0) is 20.9 Å². The van der Waals surface area contributed by atoms with Gasteiger partial charge in [0.2, 0.25) is 17.8 Å². The molecule has 10 nitrogen and oxygen atoms in total. The van der Waals surface area contributed by atoms with Gasteiger partial charge in [-0.2, -0.15) is 0 Å². The number of nitrogens with zero attached hydrogens (tertiary/aromatic N) is 4. The average Bonchev–Trinajstić information content (AvgIpc) is 2.97. The Morgan fingerprint density at radius 2 is 1.66 bits per heavy atom. The van der Waals surface area contributed by atoms with Crippen LogP contribution < -0.4 is 10.1 Å². The maximum absolute atomic E-state index is 13.6. The van der Waals surface area contributed by atoms with Gasteiger partial charge < -0.3 is 24.2 Å². The number of aliphatic imine (C=N–C) groups is 1. The highest BCUT2D eigenvalue weighted by atomic mass is 16.5. The van der Waals surface area contributed by atoms with E-state index in [-0.39, 0.29) is 36.8 Å². The first kappa shape index (κ1) is 35.2. The molecule has 1 aliphatic heterocycles. The fourth-order valence-electron chi connectivity index (χ4n) is 5.69. The topological polar surface area (TPSA) is 104 Å². The van der Waals surface area contributed by atoms with Crippen molar-refractivity contribution in [3.63, 3.8) is 0 Å². The highest BCUT2D eigenvalue weighted by Crippen LogP contribution is 2.34. The molecule has 0 unspecified atom stereocenters. The van der Waals surface area contributed by atoms with Crippen molar-refractivity contribution >= 4 is 29.6 Å². The summed E-state index contributed by atoms with van der Waals surface area (Å²) in [5.74, 6) is 1.92.